The average Bonchev–Trinajstić information content (AvgIpc) is 1.85. The maximum atomic E-state index is 10.5. The van der Waals surface area contributed by atoms with Crippen LogP contribution in [0.3, 0.4) is 0 Å². The van der Waals surface area contributed by atoms with Gasteiger partial charge in [-0.05, 0) is 0 Å². The summed E-state index contributed by atoms with van der Waals surface area (Å²) in [5.41, 5.74) is 0. The molecule has 6 heteroatoms. The van der Waals surface area contributed by atoms with Crippen LogP contribution in [-0.4, -0.2) is 33.6 Å². The van der Waals surface area contributed by atoms with E-state index in [2.05, 4.69) is 0 Å². The van der Waals surface area contributed by atoms with Crippen LogP contribution in [0.1, 0.15) is 6.42 Å². The lowest BCUT2D eigenvalue weighted by Gasteiger charge is -2.04. The number of carbonyl (C=O) groups is 1. The molecule has 0 bridgehead atoms. The van der Waals surface area contributed by atoms with Gasteiger partial charge in [0.05, 0.1) is 6.42 Å². The lowest BCUT2D eigenvalue weighted by atomic mass is 10.5. The van der Waals surface area contributed by atoms with Crippen molar-refractivity contribution in [3.63, 3.8) is 0 Å². The molecule has 0 spiro atoms. The molecular formula is C4H9O5P. The molecule has 0 saturated carbocycles. The second kappa shape index (κ2) is 3.71. The van der Waals surface area contributed by atoms with Crippen LogP contribution >= 0.6 is 7.37 Å². The normalized spacial score (nSPS) is 16.2. The minimum absolute atomic E-state index is 0.362. The van der Waals surface area contributed by atoms with Crippen molar-refractivity contribution in [3.05, 3.63) is 0 Å². The van der Waals surface area contributed by atoms with Crippen molar-refractivity contribution in [1.82, 2.24) is 0 Å². The Kier molecular flexibility index (Phi) is 3.57. The molecule has 5 nitrogen and oxygen atoms in total. The number of aliphatic hydroxyl groups is 1. The largest absolute Gasteiger partial charge is 0.481 e. The summed E-state index contributed by atoms with van der Waals surface area (Å²) >= 11 is 0. The lowest BCUT2D eigenvalue weighted by Crippen LogP contribution is -2.01. The number of carboxylic acids is 1. The summed E-state index contributed by atoms with van der Waals surface area (Å²) in [6.45, 7) is 0. The molecule has 1 atom stereocenters. The number of rotatable bonds is 4. The third-order valence-electron chi connectivity index (χ3n) is 0.896. The zero-order valence-corrected chi connectivity index (χ0v) is 6.12. The van der Waals surface area contributed by atoms with Crippen molar-refractivity contribution in [3.8, 4) is 0 Å². The van der Waals surface area contributed by atoms with E-state index in [4.69, 9.17) is 15.1 Å². The topological polar surface area (TPSA) is 94.8 Å². The SMILES string of the molecule is O=C(O)CCP(=O)(O)CO. The van der Waals surface area contributed by atoms with Crippen LogP contribution < -0.4 is 0 Å². The lowest BCUT2D eigenvalue weighted by molar-refractivity contribution is -0.136. The smallest absolute Gasteiger partial charge is 0.303 e. The van der Waals surface area contributed by atoms with Gasteiger partial charge in [-0.1, -0.05) is 0 Å². The maximum Gasteiger partial charge on any atom is 0.303 e. The average molecular weight is 168 g/mol. The van der Waals surface area contributed by atoms with Gasteiger partial charge in [0.25, 0.3) is 0 Å². The van der Waals surface area contributed by atoms with Gasteiger partial charge >= 0.3 is 5.97 Å². The van der Waals surface area contributed by atoms with Crippen LogP contribution in [0.15, 0.2) is 0 Å². The van der Waals surface area contributed by atoms with Crippen molar-refractivity contribution >= 4 is 13.3 Å². The van der Waals surface area contributed by atoms with Gasteiger partial charge in [0.1, 0.15) is 6.35 Å². The van der Waals surface area contributed by atoms with E-state index in [1.54, 1.807) is 0 Å². The number of aliphatic carboxylic acids is 1. The van der Waals surface area contributed by atoms with Crippen LogP contribution in [0.2, 0.25) is 0 Å². The molecule has 0 fully saturated rings. The predicted octanol–water partition coefficient (Wildman–Crippen LogP) is -0.319. The Labute approximate surface area is 57.8 Å². The molecule has 1 unspecified atom stereocenters. The van der Waals surface area contributed by atoms with Crippen molar-refractivity contribution < 1.29 is 24.5 Å². The first-order valence-electron chi connectivity index (χ1n) is 2.61. The molecule has 0 aromatic carbocycles. The molecule has 60 valence electrons. The Morgan fingerprint density at radius 1 is 1.50 bits per heavy atom. The minimum atomic E-state index is -3.55. The zero-order chi connectivity index (χ0) is 8.20. The maximum absolute atomic E-state index is 10.5. The molecule has 3 N–H and O–H groups in total. The quantitative estimate of drug-likeness (QED) is 0.500. The first-order chi connectivity index (χ1) is 4.48. The van der Waals surface area contributed by atoms with Crippen LogP contribution in [-0.2, 0) is 9.36 Å². The molecule has 0 saturated heterocycles. The Morgan fingerprint density at radius 3 is 2.30 bits per heavy atom. The fraction of sp³-hybridized carbons (Fsp3) is 0.750. The highest BCUT2D eigenvalue weighted by Crippen LogP contribution is 2.39. The molecular weight excluding hydrogens is 159 g/mol. The van der Waals surface area contributed by atoms with Gasteiger partial charge < -0.3 is 15.1 Å². The van der Waals surface area contributed by atoms with Crippen molar-refractivity contribution in [2.45, 2.75) is 6.42 Å². The summed E-state index contributed by atoms with van der Waals surface area (Å²) in [5.74, 6) is -1.14. The molecule has 0 heterocycles. The summed E-state index contributed by atoms with van der Waals surface area (Å²) in [4.78, 5) is 18.5. The van der Waals surface area contributed by atoms with Crippen LogP contribution in [0, 0.1) is 0 Å². The third-order valence-corrected chi connectivity index (χ3v) is 2.26. The first-order valence-corrected chi connectivity index (χ1v) is 4.64. The van der Waals surface area contributed by atoms with Crippen molar-refractivity contribution in [2.75, 3.05) is 12.5 Å². The van der Waals surface area contributed by atoms with Gasteiger partial charge in [0.2, 0.25) is 7.37 Å². The molecule has 10 heavy (non-hydrogen) atoms. The van der Waals surface area contributed by atoms with E-state index in [1.807, 2.05) is 0 Å². The third kappa shape index (κ3) is 4.49. The molecule has 0 aliphatic heterocycles. The number of hydrogen-bond acceptors (Lipinski definition) is 3. The van der Waals surface area contributed by atoms with E-state index in [0.29, 0.717) is 0 Å². The van der Waals surface area contributed by atoms with Gasteiger partial charge in [-0.3, -0.25) is 9.36 Å². The molecule has 0 aliphatic rings. The summed E-state index contributed by atoms with van der Waals surface area (Å²) < 4.78 is 10.5. The van der Waals surface area contributed by atoms with E-state index < -0.39 is 19.7 Å². The fourth-order valence-corrected chi connectivity index (χ4v) is 1.02. The highest BCUT2D eigenvalue weighted by molar-refractivity contribution is 7.57. The standard InChI is InChI=1S/C4H9O5P/c5-3-10(8,9)2-1-4(6)7/h5H,1-3H2,(H,6,7)(H,8,9). The minimum Gasteiger partial charge on any atom is -0.481 e. The number of carboxylic acid groups (broad SMARTS) is 1. The van der Waals surface area contributed by atoms with Crippen molar-refractivity contribution in [1.29, 1.82) is 0 Å². The second-order valence-electron chi connectivity index (χ2n) is 1.86. The van der Waals surface area contributed by atoms with Crippen LogP contribution in [0.4, 0.5) is 0 Å². The monoisotopic (exact) mass is 168 g/mol. The zero-order valence-electron chi connectivity index (χ0n) is 5.23. The van der Waals surface area contributed by atoms with E-state index >= 15 is 0 Å². The second-order valence-corrected chi connectivity index (χ2v) is 4.28. The first kappa shape index (κ1) is 9.62. The van der Waals surface area contributed by atoms with Gasteiger partial charge in [-0.2, -0.15) is 0 Å². The number of aliphatic hydroxyl groups excluding tert-OH is 1. The fourth-order valence-electron chi connectivity index (χ4n) is 0.341. The Morgan fingerprint density at radius 2 is 2.00 bits per heavy atom. The van der Waals surface area contributed by atoms with E-state index in [1.165, 1.54) is 0 Å². The van der Waals surface area contributed by atoms with E-state index in [9.17, 15) is 9.36 Å². The Bertz CT molecular complexity index is 165. The molecule has 0 radical (unpaired) electrons. The van der Waals surface area contributed by atoms with Gasteiger partial charge in [-0.25, -0.2) is 0 Å². The molecule has 0 aromatic heterocycles. The summed E-state index contributed by atoms with van der Waals surface area (Å²) in [5, 5.41) is 16.3. The van der Waals surface area contributed by atoms with Crippen LogP contribution in [0.25, 0.3) is 0 Å². The van der Waals surface area contributed by atoms with E-state index in [-0.39, 0.29) is 12.6 Å². The summed E-state index contributed by atoms with van der Waals surface area (Å²) in [6, 6.07) is 0. The van der Waals surface area contributed by atoms with Gasteiger partial charge in [0.15, 0.2) is 0 Å². The van der Waals surface area contributed by atoms with Gasteiger partial charge in [0, 0.05) is 6.16 Å². The van der Waals surface area contributed by atoms with Gasteiger partial charge in [-0.15, -0.1) is 0 Å². The highest BCUT2D eigenvalue weighted by atomic mass is 31.2. The van der Waals surface area contributed by atoms with Crippen LogP contribution in [0.5, 0.6) is 0 Å². The van der Waals surface area contributed by atoms with Crippen molar-refractivity contribution in [2.24, 2.45) is 0 Å². The molecule has 0 amide bonds. The highest BCUT2D eigenvalue weighted by Gasteiger charge is 2.17. The number of hydrogen-bond donors (Lipinski definition) is 3. The predicted molar refractivity (Wildman–Crippen MR) is 34.0 cm³/mol. The summed E-state index contributed by atoms with van der Waals surface area (Å²) in [7, 11) is -3.55. The molecule has 0 aliphatic carbocycles. The summed E-state index contributed by atoms with van der Waals surface area (Å²) in [6.07, 6.45) is -1.59. The molecule has 0 rings (SSSR count). The molecule has 0 aromatic rings. The van der Waals surface area contributed by atoms with E-state index in [0.717, 1.165) is 0 Å². The Balaban J connectivity index is 3.68. The Hall–Kier alpha value is -0.380.